The molecule has 3 nitrogen and oxygen atoms in total. The molecule has 1 atom stereocenters. The molecule has 3 N–H and O–H groups in total. The third kappa shape index (κ3) is 3.00. The van der Waals surface area contributed by atoms with Gasteiger partial charge in [0.15, 0.2) is 11.5 Å². The molecular formula is C12H16BrNO2. The average molecular weight is 286 g/mol. The summed E-state index contributed by atoms with van der Waals surface area (Å²) >= 11 is 3.27. The van der Waals surface area contributed by atoms with Crippen LogP contribution in [0.2, 0.25) is 0 Å². The lowest BCUT2D eigenvalue weighted by molar-refractivity contribution is 0.371. The van der Waals surface area contributed by atoms with Gasteiger partial charge in [-0.15, -0.1) is 6.58 Å². The first-order chi connectivity index (χ1) is 7.60. The van der Waals surface area contributed by atoms with Gasteiger partial charge in [-0.2, -0.15) is 0 Å². The molecule has 1 aromatic rings. The molecule has 0 radical (unpaired) electrons. The summed E-state index contributed by atoms with van der Waals surface area (Å²) in [7, 11) is 1.51. The molecule has 0 spiro atoms. The Labute approximate surface area is 104 Å². The Kier molecular flexibility index (Phi) is 4.83. The Hall–Kier alpha value is -1.00. The van der Waals surface area contributed by atoms with Gasteiger partial charge in [-0.3, -0.25) is 0 Å². The second-order valence-electron chi connectivity index (χ2n) is 3.53. The van der Waals surface area contributed by atoms with Crippen LogP contribution in [0.3, 0.4) is 0 Å². The zero-order chi connectivity index (χ0) is 12.1. The second kappa shape index (κ2) is 5.92. The van der Waals surface area contributed by atoms with E-state index < -0.39 is 0 Å². The molecule has 0 fully saturated rings. The molecule has 4 heteroatoms. The van der Waals surface area contributed by atoms with Crippen molar-refractivity contribution in [3.8, 4) is 11.5 Å². The number of hydrogen-bond donors (Lipinski definition) is 2. The first-order valence-electron chi connectivity index (χ1n) is 5.03. The summed E-state index contributed by atoms with van der Waals surface area (Å²) in [6.45, 7) is 3.66. The van der Waals surface area contributed by atoms with Crippen molar-refractivity contribution in [1.82, 2.24) is 0 Å². The Balaban J connectivity index is 2.96. The summed E-state index contributed by atoms with van der Waals surface area (Å²) in [4.78, 5) is 0. The molecule has 88 valence electrons. The van der Waals surface area contributed by atoms with E-state index in [1.54, 1.807) is 6.07 Å². The average Bonchev–Trinajstić information content (AvgIpc) is 2.29. The van der Waals surface area contributed by atoms with Gasteiger partial charge in [-0.1, -0.05) is 6.08 Å². The minimum atomic E-state index is -0.0798. The molecule has 0 amide bonds. The van der Waals surface area contributed by atoms with Crippen LogP contribution in [0.5, 0.6) is 11.5 Å². The number of benzene rings is 1. The Morgan fingerprint density at radius 3 is 2.88 bits per heavy atom. The van der Waals surface area contributed by atoms with E-state index in [2.05, 4.69) is 22.5 Å². The number of hydrogen-bond acceptors (Lipinski definition) is 3. The van der Waals surface area contributed by atoms with Gasteiger partial charge in [0.05, 0.1) is 11.6 Å². The minimum absolute atomic E-state index is 0.0798. The first-order valence-corrected chi connectivity index (χ1v) is 5.82. The fourth-order valence-corrected chi connectivity index (χ4v) is 1.89. The van der Waals surface area contributed by atoms with E-state index in [1.807, 2.05) is 12.1 Å². The van der Waals surface area contributed by atoms with Gasteiger partial charge >= 0.3 is 0 Å². The summed E-state index contributed by atoms with van der Waals surface area (Å²) in [6.07, 6.45) is 3.53. The van der Waals surface area contributed by atoms with Crippen LogP contribution in [0.15, 0.2) is 29.3 Å². The third-order valence-corrected chi connectivity index (χ3v) is 2.99. The molecule has 0 aliphatic rings. The standard InChI is InChI=1S/C12H16BrNO2/c1-3-4-5-10(14)8-6-9(13)12(15)11(7-8)16-2/h3,6-7,10,15H,1,4-5,14H2,2H3/t10-/m0/s1. The molecule has 0 aliphatic heterocycles. The summed E-state index contributed by atoms with van der Waals surface area (Å²) < 4.78 is 5.66. The van der Waals surface area contributed by atoms with Crippen molar-refractivity contribution in [1.29, 1.82) is 0 Å². The number of rotatable bonds is 5. The van der Waals surface area contributed by atoms with Crippen LogP contribution in [-0.4, -0.2) is 12.2 Å². The number of phenolic OH excluding ortho intramolecular Hbond substituents is 1. The number of allylic oxidation sites excluding steroid dienone is 1. The number of phenols is 1. The maximum atomic E-state index is 9.65. The number of aromatic hydroxyl groups is 1. The Bertz CT molecular complexity index is 380. The van der Waals surface area contributed by atoms with Crippen molar-refractivity contribution in [2.45, 2.75) is 18.9 Å². The van der Waals surface area contributed by atoms with Gasteiger partial charge in [-0.25, -0.2) is 0 Å². The molecule has 0 bridgehead atoms. The highest BCUT2D eigenvalue weighted by atomic mass is 79.9. The van der Waals surface area contributed by atoms with E-state index >= 15 is 0 Å². The molecule has 1 aromatic carbocycles. The van der Waals surface area contributed by atoms with Crippen LogP contribution in [0.25, 0.3) is 0 Å². The maximum Gasteiger partial charge on any atom is 0.172 e. The van der Waals surface area contributed by atoms with Gasteiger partial charge in [0.1, 0.15) is 0 Å². The first kappa shape index (κ1) is 13.1. The van der Waals surface area contributed by atoms with E-state index in [-0.39, 0.29) is 11.8 Å². The lowest BCUT2D eigenvalue weighted by atomic mass is 10.0. The Morgan fingerprint density at radius 2 is 2.31 bits per heavy atom. The van der Waals surface area contributed by atoms with Crippen LogP contribution in [0.4, 0.5) is 0 Å². The van der Waals surface area contributed by atoms with Gasteiger partial charge < -0.3 is 15.6 Å². The van der Waals surface area contributed by atoms with Gasteiger partial charge in [-0.05, 0) is 46.5 Å². The second-order valence-corrected chi connectivity index (χ2v) is 4.38. The van der Waals surface area contributed by atoms with Crippen LogP contribution in [0.1, 0.15) is 24.4 Å². The lowest BCUT2D eigenvalue weighted by Gasteiger charge is -2.14. The van der Waals surface area contributed by atoms with Crippen molar-refractivity contribution < 1.29 is 9.84 Å². The third-order valence-electron chi connectivity index (χ3n) is 2.38. The van der Waals surface area contributed by atoms with Gasteiger partial charge in [0.25, 0.3) is 0 Å². The number of halogens is 1. The molecule has 0 saturated heterocycles. The molecule has 0 heterocycles. The quantitative estimate of drug-likeness (QED) is 0.818. The fourth-order valence-electron chi connectivity index (χ4n) is 1.43. The van der Waals surface area contributed by atoms with Crippen LogP contribution in [-0.2, 0) is 0 Å². The number of ether oxygens (including phenoxy) is 1. The van der Waals surface area contributed by atoms with Crippen molar-refractivity contribution in [3.63, 3.8) is 0 Å². The zero-order valence-corrected chi connectivity index (χ0v) is 10.8. The number of methoxy groups -OCH3 is 1. The topological polar surface area (TPSA) is 55.5 Å². The van der Waals surface area contributed by atoms with Gasteiger partial charge in [0.2, 0.25) is 0 Å². The summed E-state index contributed by atoms with van der Waals surface area (Å²) in [5.41, 5.74) is 6.95. The highest BCUT2D eigenvalue weighted by Gasteiger charge is 2.12. The molecule has 16 heavy (non-hydrogen) atoms. The fraction of sp³-hybridized carbons (Fsp3) is 0.333. The van der Waals surface area contributed by atoms with Crippen LogP contribution >= 0.6 is 15.9 Å². The SMILES string of the molecule is C=CCC[C@H](N)c1cc(Br)c(O)c(OC)c1. The molecular weight excluding hydrogens is 270 g/mol. The highest BCUT2D eigenvalue weighted by molar-refractivity contribution is 9.10. The smallest absolute Gasteiger partial charge is 0.172 e. The van der Waals surface area contributed by atoms with E-state index in [1.165, 1.54) is 7.11 Å². The van der Waals surface area contributed by atoms with E-state index in [9.17, 15) is 5.11 Å². The monoisotopic (exact) mass is 285 g/mol. The van der Waals surface area contributed by atoms with Gasteiger partial charge in [0, 0.05) is 6.04 Å². The molecule has 1 rings (SSSR count). The van der Waals surface area contributed by atoms with Crippen molar-refractivity contribution in [3.05, 3.63) is 34.8 Å². The molecule has 0 unspecified atom stereocenters. The zero-order valence-electron chi connectivity index (χ0n) is 9.24. The summed E-state index contributed by atoms with van der Waals surface area (Å²) in [5.74, 6) is 0.528. The van der Waals surface area contributed by atoms with Crippen molar-refractivity contribution >= 4 is 15.9 Å². The lowest BCUT2D eigenvalue weighted by Crippen LogP contribution is -2.10. The summed E-state index contributed by atoms with van der Waals surface area (Å²) in [6, 6.07) is 3.49. The van der Waals surface area contributed by atoms with E-state index in [0.29, 0.717) is 10.2 Å². The molecule has 0 aliphatic carbocycles. The van der Waals surface area contributed by atoms with Crippen molar-refractivity contribution in [2.24, 2.45) is 5.73 Å². The summed E-state index contributed by atoms with van der Waals surface area (Å²) in [5, 5.41) is 9.65. The largest absolute Gasteiger partial charge is 0.503 e. The molecule has 0 saturated carbocycles. The van der Waals surface area contributed by atoms with Crippen molar-refractivity contribution in [2.75, 3.05) is 7.11 Å². The predicted molar refractivity (Wildman–Crippen MR) is 68.7 cm³/mol. The van der Waals surface area contributed by atoms with Crippen LogP contribution < -0.4 is 10.5 Å². The Morgan fingerprint density at radius 1 is 1.62 bits per heavy atom. The van der Waals surface area contributed by atoms with E-state index in [0.717, 1.165) is 18.4 Å². The van der Waals surface area contributed by atoms with Crippen LogP contribution in [0, 0.1) is 0 Å². The normalized spacial score (nSPS) is 12.2. The van der Waals surface area contributed by atoms with E-state index in [4.69, 9.17) is 10.5 Å². The number of nitrogens with two attached hydrogens (primary N) is 1. The minimum Gasteiger partial charge on any atom is -0.503 e. The maximum absolute atomic E-state index is 9.65. The highest BCUT2D eigenvalue weighted by Crippen LogP contribution is 2.37. The molecule has 0 aromatic heterocycles. The predicted octanol–water partition coefficient (Wildman–Crippen LogP) is 3.13.